The first-order valence-corrected chi connectivity index (χ1v) is 7.60. The van der Waals surface area contributed by atoms with Gasteiger partial charge in [0, 0.05) is 19.1 Å². The summed E-state index contributed by atoms with van der Waals surface area (Å²) < 4.78 is 0. The van der Waals surface area contributed by atoms with Crippen molar-refractivity contribution in [1.29, 1.82) is 0 Å². The molecule has 1 heterocycles. The number of piperidine rings is 1. The van der Waals surface area contributed by atoms with E-state index in [1.54, 1.807) is 0 Å². The Morgan fingerprint density at radius 3 is 2.53 bits per heavy atom. The average molecular weight is 260 g/mol. The van der Waals surface area contributed by atoms with Crippen LogP contribution in [0, 0.1) is 17.8 Å². The predicted octanol–water partition coefficient (Wildman–Crippen LogP) is 3.30. The third-order valence-electron chi connectivity index (χ3n) is 4.76. The van der Waals surface area contributed by atoms with E-state index in [4.69, 9.17) is 5.73 Å². The number of rotatable bonds is 4. The molecule has 0 spiro atoms. The molecule has 2 heteroatoms. The summed E-state index contributed by atoms with van der Waals surface area (Å²) in [6, 6.07) is 10.6. The lowest BCUT2D eigenvalue weighted by atomic mass is 9.87. The van der Waals surface area contributed by atoms with Crippen molar-refractivity contribution in [2.75, 3.05) is 19.6 Å². The number of likely N-dealkylation sites (tertiary alicyclic amines) is 1. The van der Waals surface area contributed by atoms with Gasteiger partial charge >= 0.3 is 0 Å². The maximum absolute atomic E-state index is 6.39. The Bertz CT molecular complexity index is 376. The molecule has 1 aromatic carbocycles. The van der Waals surface area contributed by atoms with Crippen molar-refractivity contribution in [3.8, 4) is 0 Å². The van der Waals surface area contributed by atoms with Crippen LogP contribution < -0.4 is 5.73 Å². The van der Waals surface area contributed by atoms with Gasteiger partial charge in [-0.2, -0.15) is 0 Å². The highest BCUT2D eigenvalue weighted by atomic mass is 15.1. The lowest BCUT2D eigenvalue weighted by Crippen LogP contribution is -2.42. The van der Waals surface area contributed by atoms with Crippen molar-refractivity contribution in [1.82, 2.24) is 4.90 Å². The minimum atomic E-state index is 0.149. The van der Waals surface area contributed by atoms with Crippen molar-refractivity contribution in [3.63, 3.8) is 0 Å². The molecule has 0 amide bonds. The summed E-state index contributed by atoms with van der Waals surface area (Å²) in [6.07, 6.45) is 1.33. The topological polar surface area (TPSA) is 29.3 Å². The van der Waals surface area contributed by atoms with Gasteiger partial charge in [-0.25, -0.2) is 0 Å². The predicted molar refractivity (Wildman–Crippen MR) is 81.9 cm³/mol. The third kappa shape index (κ3) is 3.80. The zero-order chi connectivity index (χ0) is 13.8. The van der Waals surface area contributed by atoms with Gasteiger partial charge in [-0.1, -0.05) is 51.1 Å². The number of hydrogen-bond acceptors (Lipinski definition) is 2. The van der Waals surface area contributed by atoms with E-state index in [2.05, 4.69) is 56.0 Å². The maximum Gasteiger partial charge on any atom is 0.0333 e. The third-order valence-corrected chi connectivity index (χ3v) is 4.76. The van der Waals surface area contributed by atoms with E-state index in [1.807, 2.05) is 0 Å². The zero-order valence-electron chi connectivity index (χ0n) is 12.5. The second-order valence-electron chi connectivity index (χ2n) is 6.42. The molecule has 106 valence electrons. The molecule has 1 aliphatic rings. The van der Waals surface area contributed by atoms with Crippen LogP contribution in [0.5, 0.6) is 0 Å². The van der Waals surface area contributed by atoms with Gasteiger partial charge in [0.2, 0.25) is 0 Å². The Kier molecular flexibility index (Phi) is 5.00. The molecule has 2 nitrogen and oxygen atoms in total. The van der Waals surface area contributed by atoms with Crippen LogP contribution in [0.25, 0.3) is 0 Å². The van der Waals surface area contributed by atoms with E-state index >= 15 is 0 Å². The largest absolute Gasteiger partial charge is 0.324 e. The van der Waals surface area contributed by atoms with E-state index in [9.17, 15) is 0 Å². The molecule has 2 rings (SSSR count). The Hall–Kier alpha value is -0.860. The second-order valence-corrected chi connectivity index (χ2v) is 6.42. The molecule has 1 saturated heterocycles. The summed E-state index contributed by atoms with van der Waals surface area (Å²) in [5.41, 5.74) is 7.65. The molecule has 0 bridgehead atoms. The second kappa shape index (κ2) is 6.53. The first-order valence-electron chi connectivity index (χ1n) is 7.60. The van der Waals surface area contributed by atoms with Gasteiger partial charge in [-0.05, 0) is 36.3 Å². The molecule has 0 saturated carbocycles. The summed E-state index contributed by atoms with van der Waals surface area (Å²) in [5, 5.41) is 0. The first kappa shape index (κ1) is 14.5. The Morgan fingerprint density at radius 1 is 1.21 bits per heavy atom. The number of nitrogens with zero attached hydrogens (tertiary/aromatic N) is 1. The van der Waals surface area contributed by atoms with Gasteiger partial charge in [-0.15, -0.1) is 0 Å². The molecule has 1 aromatic rings. The van der Waals surface area contributed by atoms with Crippen LogP contribution >= 0.6 is 0 Å². The summed E-state index contributed by atoms with van der Waals surface area (Å²) in [5.74, 6) is 2.19. The van der Waals surface area contributed by atoms with Gasteiger partial charge in [-0.3, -0.25) is 0 Å². The van der Waals surface area contributed by atoms with Gasteiger partial charge in [0.05, 0.1) is 0 Å². The molecule has 2 N–H and O–H groups in total. The number of nitrogens with two attached hydrogens (primary N) is 1. The first-order chi connectivity index (χ1) is 9.08. The Labute approximate surface area is 118 Å². The summed E-state index contributed by atoms with van der Waals surface area (Å²) in [4.78, 5) is 2.60. The van der Waals surface area contributed by atoms with Crippen LogP contribution in [-0.4, -0.2) is 24.5 Å². The van der Waals surface area contributed by atoms with E-state index < -0.39 is 0 Å². The van der Waals surface area contributed by atoms with Crippen molar-refractivity contribution in [2.45, 2.75) is 33.2 Å². The van der Waals surface area contributed by atoms with Gasteiger partial charge < -0.3 is 10.6 Å². The minimum absolute atomic E-state index is 0.149. The molecule has 0 aromatic heterocycles. The van der Waals surface area contributed by atoms with Crippen molar-refractivity contribution >= 4 is 0 Å². The fourth-order valence-corrected chi connectivity index (χ4v) is 3.04. The smallest absolute Gasteiger partial charge is 0.0333 e. The van der Waals surface area contributed by atoms with Crippen molar-refractivity contribution in [2.24, 2.45) is 23.5 Å². The highest BCUT2D eigenvalue weighted by Gasteiger charge is 2.25. The molecule has 0 radical (unpaired) electrons. The maximum atomic E-state index is 6.39. The van der Waals surface area contributed by atoms with Crippen LogP contribution in [0.1, 0.15) is 38.8 Å². The molecule has 1 aliphatic heterocycles. The van der Waals surface area contributed by atoms with Crippen LogP contribution in [0.15, 0.2) is 30.3 Å². The molecule has 1 fully saturated rings. The zero-order valence-corrected chi connectivity index (χ0v) is 12.5. The van der Waals surface area contributed by atoms with Crippen molar-refractivity contribution in [3.05, 3.63) is 35.9 Å². The Balaban J connectivity index is 1.89. The fraction of sp³-hybridized carbons (Fsp3) is 0.647. The highest BCUT2D eigenvalue weighted by Crippen LogP contribution is 2.25. The van der Waals surface area contributed by atoms with E-state index in [-0.39, 0.29) is 6.04 Å². The molecule has 4 atom stereocenters. The SMILES string of the molecule is CC1CCN(CC(C)C(N)c2ccccc2)CC1C. The van der Waals surface area contributed by atoms with Gasteiger partial charge in [0.15, 0.2) is 0 Å². The molecular weight excluding hydrogens is 232 g/mol. The summed E-state index contributed by atoms with van der Waals surface area (Å²) in [6.45, 7) is 10.6. The van der Waals surface area contributed by atoms with Crippen LogP contribution in [-0.2, 0) is 0 Å². The lowest BCUT2D eigenvalue weighted by Gasteiger charge is -2.37. The normalized spacial score (nSPS) is 28.0. The molecule has 19 heavy (non-hydrogen) atoms. The van der Waals surface area contributed by atoms with E-state index in [0.29, 0.717) is 5.92 Å². The molecular formula is C17H28N2. The average Bonchev–Trinajstić information content (AvgIpc) is 2.43. The summed E-state index contributed by atoms with van der Waals surface area (Å²) >= 11 is 0. The molecule has 0 aliphatic carbocycles. The van der Waals surface area contributed by atoms with Gasteiger partial charge in [0.25, 0.3) is 0 Å². The van der Waals surface area contributed by atoms with Crippen LogP contribution in [0.2, 0.25) is 0 Å². The van der Waals surface area contributed by atoms with E-state index in [1.165, 1.54) is 25.1 Å². The van der Waals surface area contributed by atoms with Crippen LogP contribution in [0.4, 0.5) is 0 Å². The van der Waals surface area contributed by atoms with Crippen molar-refractivity contribution < 1.29 is 0 Å². The van der Waals surface area contributed by atoms with Gasteiger partial charge in [0.1, 0.15) is 0 Å². The quantitative estimate of drug-likeness (QED) is 0.900. The summed E-state index contributed by atoms with van der Waals surface area (Å²) in [7, 11) is 0. The number of benzene rings is 1. The monoisotopic (exact) mass is 260 g/mol. The fourth-order valence-electron chi connectivity index (χ4n) is 3.04. The van der Waals surface area contributed by atoms with E-state index in [0.717, 1.165) is 18.4 Å². The minimum Gasteiger partial charge on any atom is -0.324 e. The number of hydrogen-bond donors (Lipinski definition) is 1. The lowest BCUT2D eigenvalue weighted by molar-refractivity contribution is 0.118. The Morgan fingerprint density at radius 2 is 1.89 bits per heavy atom. The highest BCUT2D eigenvalue weighted by molar-refractivity contribution is 5.19. The standard InChI is InChI=1S/C17H28N2/c1-13-9-10-19(11-14(13)2)12-15(3)17(18)16-7-5-4-6-8-16/h4-8,13-15,17H,9-12,18H2,1-3H3. The van der Waals surface area contributed by atoms with Crippen LogP contribution in [0.3, 0.4) is 0 Å². The molecule has 4 unspecified atom stereocenters.